The van der Waals surface area contributed by atoms with Gasteiger partial charge in [-0.25, -0.2) is 19.4 Å². The van der Waals surface area contributed by atoms with Gasteiger partial charge in [0.15, 0.2) is 10.8 Å². The topological polar surface area (TPSA) is 141 Å². The smallest absolute Gasteiger partial charge is 0.281 e. The summed E-state index contributed by atoms with van der Waals surface area (Å²) >= 11 is 0. The van der Waals surface area contributed by atoms with E-state index >= 15 is 0 Å². The van der Waals surface area contributed by atoms with Gasteiger partial charge >= 0.3 is 0 Å². The molecule has 3 fully saturated rings. The lowest BCUT2D eigenvalue weighted by atomic mass is 9.95. The quantitative estimate of drug-likeness (QED) is 0.400. The van der Waals surface area contributed by atoms with Gasteiger partial charge in [-0.2, -0.15) is 8.42 Å². The Kier molecular flexibility index (Phi) is 7.48. The second kappa shape index (κ2) is 11.3. The standard InChI is InChI=1S/C31H39N7O5S/c1-31(2)18-22-19-37(31)29-24(30(39)36-44(40,41)28-5-3-4-25(33-28)32-14-17-42-22)10-11-26(34-29)38-15-12-27(35-38)43-16-13-23(20-6-7-20)21-8-9-21/h3-5,10-12,15,20-23H,6-9,13-14,16-19H2,1-2H3,(H,32,33)(H,36,39)/t22-/m1/s1. The molecule has 3 aromatic rings. The van der Waals surface area contributed by atoms with Crippen LogP contribution in [0.25, 0.3) is 5.82 Å². The van der Waals surface area contributed by atoms with Crippen molar-refractivity contribution in [1.29, 1.82) is 0 Å². The van der Waals surface area contributed by atoms with Gasteiger partial charge in [-0.1, -0.05) is 6.07 Å². The molecule has 13 heteroatoms. The fourth-order valence-corrected chi connectivity index (χ4v) is 7.56. The van der Waals surface area contributed by atoms with Crippen molar-refractivity contribution in [2.24, 2.45) is 17.8 Å². The number of carbonyl (C=O) groups excluding carboxylic acids is 1. The minimum atomic E-state index is -4.25. The second-order valence-electron chi connectivity index (χ2n) is 13.0. The highest BCUT2D eigenvalue weighted by molar-refractivity contribution is 7.90. The zero-order valence-electron chi connectivity index (χ0n) is 25.1. The molecule has 12 nitrogen and oxygen atoms in total. The lowest BCUT2D eigenvalue weighted by Crippen LogP contribution is -2.41. The largest absolute Gasteiger partial charge is 0.477 e. The number of anilines is 2. The van der Waals surface area contributed by atoms with Gasteiger partial charge in [0.25, 0.3) is 15.9 Å². The van der Waals surface area contributed by atoms with Gasteiger partial charge in [0.2, 0.25) is 5.88 Å². The molecule has 5 heterocycles. The average Bonchev–Trinajstić information content (AvgIpc) is 3.93. The molecule has 0 radical (unpaired) electrons. The van der Waals surface area contributed by atoms with Crippen LogP contribution in [-0.2, 0) is 14.8 Å². The Bertz CT molecular complexity index is 1640. The summed E-state index contributed by atoms with van der Waals surface area (Å²) in [6, 6.07) is 9.66. The number of pyridine rings is 2. The highest BCUT2D eigenvalue weighted by Crippen LogP contribution is 2.50. The van der Waals surface area contributed by atoms with Crippen molar-refractivity contribution < 1.29 is 22.7 Å². The van der Waals surface area contributed by atoms with Gasteiger partial charge in [-0.3, -0.25) is 4.79 Å². The van der Waals surface area contributed by atoms with Crippen molar-refractivity contribution in [3.05, 3.63) is 48.2 Å². The third-order valence-electron chi connectivity index (χ3n) is 9.15. The zero-order chi connectivity index (χ0) is 30.5. The van der Waals surface area contributed by atoms with Crippen LogP contribution in [-0.4, -0.2) is 72.0 Å². The summed E-state index contributed by atoms with van der Waals surface area (Å²) in [6.45, 7) is 6.11. The number of hydrogen-bond donors (Lipinski definition) is 2. The highest BCUT2D eigenvalue weighted by Gasteiger charge is 2.42. The Labute approximate surface area is 257 Å². The van der Waals surface area contributed by atoms with Crippen molar-refractivity contribution in [2.75, 3.05) is 36.5 Å². The summed E-state index contributed by atoms with van der Waals surface area (Å²) in [5, 5.41) is 7.46. The number of amides is 1. The molecule has 1 atom stereocenters. The van der Waals surface area contributed by atoms with Crippen LogP contribution in [0.3, 0.4) is 0 Å². The van der Waals surface area contributed by atoms with Crippen LogP contribution in [0.2, 0.25) is 0 Å². The van der Waals surface area contributed by atoms with Crippen LogP contribution in [0.1, 0.15) is 62.7 Å². The molecule has 2 saturated carbocycles. The summed E-state index contributed by atoms with van der Waals surface area (Å²) in [5.74, 6) is 3.48. The van der Waals surface area contributed by atoms with E-state index in [4.69, 9.17) is 14.5 Å². The maximum Gasteiger partial charge on any atom is 0.281 e. The van der Waals surface area contributed by atoms with Gasteiger partial charge in [0.1, 0.15) is 11.6 Å². The van der Waals surface area contributed by atoms with Crippen LogP contribution in [0.5, 0.6) is 5.88 Å². The molecule has 3 aromatic heterocycles. The van der Waals surface area contributed by atoms with Crippen LogP contribution in [0.4, 0.5) is 11.6 Å². The molecule has 1 amide bonds. The number of hydrogen-bond acceptors (Lipinski definition) is 10. The average molecular weight is 622 g/mol. The van der Waals surface area contributed by atoms with E-state index < -0.39 is 21.5 Å². The maximum atomic E-state index is 13.6. The van der Waals surface area contributed by atoms with Crippen molar-refractivity contribution >= 4 is 27.6 Å². The summed E-state index contributed by atoms with van der Waals surface area (Å²) in [7, 11) is -4.25. The monoisotopic (exact) mass is 621 g/mol. The fraction of sp³-hybridized carbons (Fsp3) is 0.548. The molecule has 234 valence electrons. The molecule has 4 bridgehead atoms. The molecule has 0 spiro atoms. The highest BCUT2D eigenvalue weighted by atomic mass is 32.2. The molecule has 44 heavy (non-hydrogen) atoms. The Balaban J connectivity index is 1.17. The number of sulfonamides is 1. The normalized spacial score (nSPS) is 22.8. The molecule has 2 N–H and O–H groups in total. The van der Waals surface area contributed by atoms with E-state index in [0.717, 1.165) is 24.2 Å². The summed E-state index contributed by atoms with van der Waals surface area (Å²) < 4.78 is 42.5. The van der Waals surface area contributed by atoms with Gasteiger partial charge in [0, 0.05) is 30.9 Å². The minimum absolute atomic E-state index is 0.110. The van der Waals surface area contributed by atoms with E-state index in [2.05, 4.69) is 34.0 Å². The molecule has 2 aliphatic heterocycles. The van der Waals surface area contributed by atoms with Crippen molar-refractivity contribution in [3.63, 3.8) is 0 Å². The molecule has 7 rings (SSSR count). The number of aromatic nitrogens is 4. The predicted molar refractivity (Wildman–Crippen MR) is 164 cm³/mol. The first kappa shape index (κ1) is 29.0. The number of nitrogens with zero attached hydrogens (tertiary/aromatic N) is 5. The first-order valence-electron chi connectivity index (χ1n) is 15.5. The number of fused-ring (bicyclic) bond motifs is 6. The summed E-state index contributed by atoms with van der Waals surface area (Å²) in [6.07, 6.45) is 8.85. The van der Waals surface area contributed by atoms with Gasteiger partial charge < -0.3 is 19.7 Å². The van der Waals surface area contributed by atoms with E-state index in [1.807, 2.05) is 11.0 Å². The van der Waals surface area contributed by atoms with E-state index in [0.29, 0.717) is 56.1 Å². The van der Waals surface area contributed by atoms with E-state index in [1.165, 1.54) is 31.7 Å². The zero-order valence-corrected chi connectivity index (χ0v) is 25.9. The van der Waals surface area contributed by atoms with Crippen molar-refractivity contribution in [2.45, 2.75) is 69.0 Å². The predicted octanol–water partition coefficient (Wildman–Crippen LogP) is 3.79. The summed E-state index contributed by atoms with van der Waals surface area (Å²) in [5.41, 5.74) is -0.288. The van der Waals surface area contributed by atoms with Gasteiger partial charge in [0.05, 0.1) is 24.9 Å². The van der Waals surface area contributed by atoms with E-state index in [-0.39, 0.29) is 16.7 Å². The third kappa shape index (κ3) is 6.12. The molecule has 4 aliphatic rings. The van der Waals surface area contributed by atoms with Crippen LogP contribution >= 0.6 is 0 Å². The Morgan fingerprint density at radius 3 is 2.66 bits per heavy atom. The minimum Gasteiger partial charge on any atom is -0.477 e. The summed E-state index contributed by atoms with van der Waals surface area (Å²) in [4.78, 5) is 24.7. The Morgan fingerprint density at radius 2 is 1.89 bits per heavy atom. The fourth-order valence-electron chi connectivity index (χ4n) is 6.63. The number of nitrogens with one attached hydrogen (secondary N) is 2. The molecule has 1 saturated heterocycles. The van der Waals surface area contributed by atoms with Crippen molar-refractivity contribution in [1.82, 2.24) is 24.5 Å². The Morgan fingerprint density at radius 1 is 1.09 bits per heavy atom. The van der Waals surface area contributed by atoms with Gasteiger partial charge in [-0.15, -0.1) is 5.10 Å². The maximum absolute atomic E-state index is 13.6. The molecular formula is C31H39N7O5S. The molecular weight excluding hydrogens is 582 g/mol. The van der Waals surface area contributed by atoms with Crippen LogP contribution in [0, 0.1) is 17.8 Å². The number of ether oxygens (including phenoxy) is 2. The van der Waals surface area contributed by atoms with E-state index in [9.17, 15) is 13.2 Å². The lowest BCUT2D eigenvalue weighted by molar-refractivity contribution is 0.0710. The first-order chi connectivity index (χ1) is 21.2. The molecule has 0 unspecified atom stereocenters. The first-order valence-corrected chi connectivity index (χ1v) is 17.0. The third-order valence-corrected chi connectivity index (χ3v) is 10.4. The molecule has 2 aliphatic carbocycles. The Hall–Kier alpha value is -3.71. The molecule has 0 aromatic carbocycles. The number of carbonyl (C=O) groups is 1. The number of rotatable bonds is 7. The van der Waals surface area contributed by atoms with Crippen LogP contribution < -0.4 is 19.7 Å². The van der Waals surface area contributed by atoms with E-state index in [1.54, 1.807) is 35.1 Å². The lowest BCUT2D eigenvalue weighted by Gasteiger charge is -2.33. The van der Waals surface area contributed by atoms with Gasteiger partial charge in [-0.05, 0) is 94.4 Å². The SMILES string of the molecule is CC1(C)C[C@@H]2CN1c1nc(-n3ccc(OCCC(C4CC4)C4CC4)n3)ccc1C(=O)NS(=O)(=O)c1cccc(n1)NCCO2. The second-order valence-corrected chi connectivity index (χ2v) is 14.6. The van der Waals surface area contributed by atoms with Crippen molar-refractivity contribution in [3.8, 4) is 11.7 Å². The van der Waals surface area contributed by atoms with Crippen LogP contribution in [0.15, 0.2) is 47.6 Å².